The van der Waals surface area contributed by atoms with Gasteiger partial charge in [0.25, 0.3) is 5.91 Å². The Kier molecular flexibility index (Phi) is 5.30. The lowest BCUT2D eigenvalue weighted by Gasteiger charge is -2.34. The molecule has 0 bridgehead atoms. The molecule has 1 aliphatic rings. The van der Waals surface area contributed by atoms with E-state index in [2.05, 4.69) is 20.7 Å². The minimum absolute atomic E-state index is 0.131. The summed E-state index contributed by atoms with van der Waals surface area (Å²) in [7, 11) is 1.36. The average Bonchev–Trinajstić information content (AvgIpc) is 2.50. The number of ether oxygens (including phenoxy) is 1. The van der Waals surface area contributed by atoms with E-state index >= 15 is 0 Å². The molecule has 0 atom stereocenters. The lowest BCUT2D eigenvalue weighted by molar-refractivity contribution is -0.142. The monoisotopic (exact) mass is 358 g/mol. The molecule has 7 heteroatoms. The van der Waals surface area contributed by atoms with Gasteiger partial charge in [0.2, 0.25) is 0 Å². The lowest BCUT2D eigenvalue weighted by atomic mass is 10.2. The van der Waals surface area contributed by atoms with Crippen LogP contribution in [-0.4, -0.2) is 61.5 Å². The van der Waals surface area contributed by atoms with Crippen LogP contribution in [-0.2, 0) is 9.53 Å². The van der Waals surface area contributed by atoms with Crippen molar-refractivity contribution in [3.05, 3.63) is 34.1 Å². The van der Waals surface area contributed by atoms with Crippen molar-refractivity contribution in [3.63, 3.8) is 0 Å². The predicted octanol–water partition coefficient (Wildman–Crippen LogP) is 1.52. The van der Waals surface area contributed by atoms with Crippen molar-refractivity contribution in [2.45, 2.75) is 0 Å². The Hall–Kier alpha value is -1.47. The van der Waals surface area contributed by atoms with Gasteiger partial charge in [-0.05, 0) is 34.1 Å². The molecule has 0 aliphatic carbocycles. The normalized spacial score (nSPS) is 15.9. The molecule has 0 N–H and O–H groups in total. The largest absolute Gasteiger partial charge is 0.468 e. The van der Waals surface area contributed by atoms with Crippen LogP contribution in [0, 0.1) is 5.82 Å². The number of methoxy groups -OCH3 is 1. The maximum absolute atomic E-state index is 13.2. The number of hydrogen-bond acceptors (Lipinski definition) is 4. The summed E-state index contributed by atoms with van der Waals surface area (Å²) in [5, 5.41) is 0. The van der Waals surface area contributed by atoms with Gasteiger partial charge >= 0.3 is 5.97 Å². The van der Waals surface area contributed by atoms with Crippen LogP contribution < -0.4 is 0 Å². The summed E-state index contributed by atoms with van der Waals surface area (Å²) in [6.07, 6.45) is 0. The molecular formula is C14H16BrFN2O3. The Morgan fingerprint density at radius 2 is 1.95 bits per heavy atom. The Balaban J connectivity index is 1.93. The van der Waals surface area contributed by atoms with E-state index in [0.29, 0.717) is 31.7 Å². The summed E-state index contributed by atoms with van der Waals surface area (Å²) in [6.45, 7) is 2.53. The van der Waals surface area contributed by atoms with Crippen LogP contribution in [0.2, 0.25) is 0 Å². The minimum Gasteiger partial charge on any atom is -0.468 e. The third kappa shape index (κ3) is 4.01. The number of amides is 1. The number of carbonyl (C=O) groups is 2. The van der Waals surface area contributed by atoms with Gasteiger partial charge in [0, 0.05) is 31.7 Å². The van der Waals surface area contributed by atoms with E-state index < -0.39 is 5.82 Å². The van der Waals surface area contributed by atoms with Crippen molar-refractivity contribution >= 4 is 27.8 Å². The smallest absolute Gasteiger partial charge is 0.319 e. The highest BCUT2D eigenvalue weighted by Gasteiger charge is 2.23. The molecule has 21 heavy (non-hydrogen) atoms. The van der Waals surface area contributed by atoms with E-state index in [9.17, 15) is 14.0 Å². The van der Waals surface area contributed by atoms with Gasteiger partial charge in [0.1, 0.15) is 5.82 Å². The Labute approximate surface area is 130 Å². The van der Waals surface area contributed by atoms with Crippen molar-refractivity contribution in [1.29, 1.82) is 0 Å². The first-order valence-corrected chi connectivity index (χ1v) is 7.34. The number of carbonyl (C=O) groups excluding carboxylic acids is 2. The summed E-state index contributed by atoms with van der Waals surface area (Å²) in [4.78, 5) is 27.2. The first-order chi connectivity index (χ1) is 10.0. The van der Waals surface area contributed by atoms with Crippen LogP contribution in [0.5, 0.6) is 0 Å². The SMILES string of the molecule is COC(=O)CN1CCN(C(=O)c2ccc(F)c(Br)c2)CC1. The zero-order valence-electron chi connectivity index (χ0n) is 11.6. The van der Waals surface area contributed by atoms with Crippen molar-refractivity contribution in [2.24, 2.45) is 0 Å². The van der Waals surface area contributed by atoms with E-state index in [4.69, 9.17) is 0 Å². The van der Waals surface area contributed by atoms with Gasteiger partial charge in [-0.25, -0.2) is 4.39 Å². The second kappa shape index (κ2) is 7.00. The lowest BCUT2D eigenvalue weighted by Crippen LogP contribution is -2.50. The molecule has 1 fully saturated rings. The van der Waals surface area contributed by atoms with Crippen LogP contribution in [0.15, 0.2) is 22.7 Å². The van der Waals surface area contributed by atoms with E-state index in [0.717, 1.165) is 0 Å². The van der Waals surface area contributed by atoms with Crippen LogP contribution in [0.4, 0.5) is 4.39 Å². The van der Waals surface area contributed by atoms with Gasteiger partial charge in [0.05, 0.1) is 18.1 Å². The molecule has 1 amide bonds. The van der Waals surface area contributed by atoms with Gasteiger partial charge in [0.15, 0.2) is 0 Å². The number of esters is 1. The second-order valence-electron chi connectivity index (χ2n) is 4.77. The first-order valence-electron chi connectivity index (χ1n) is 6.54. The number of hydrogen-bond donors (Lipinski definition) is 0. The standard InChI is InChI=1S/C14H16BrFN2O3/c1-21-13(19)9-17-4-6-18(7-5-17)14(20)10-2-3-12(16)11(15)8-10/h2-3,8H,4-7,9H2,1H3. The molecule has 0 saturated carbocycles. The zero-order chi connectivity index (χ0) is 15.4. The van der Waals surface area contributed by atoms with E-state index in [1.807, 2.05) is 4.90 Å². The highest BCUT2D eigenvalue weighted by atomic mass is 79.9. The molecule has 0 unspecified atom stereocenters. The first kappa shape index (κ1) is 15.9. The van der Waals surface area contributed by atoms with Crippen molar-refractivity contribution in [3.8, 4) is 0 Å². The predicted molar refractivity (Wildman–Crippen MR) is 78.5 cm³/mol. The van der Waals surface area contributed by atoms with Crippen LogP contribution >= 0.6 is 15.9 Å². The molecule has 1 aliphatic heterocycles. The molecule has 0 radical (unpaired) electrons. The molecular weight excluding hydrogens is 343 g/mol. The van der Waals surface area contributed by atoms with Gasteiger partial charge in [-0.3, -0.25) is 14.5 Å². The second-order valence-corrected chi connectivity index (χ2v) is 5.63. The third-order valence-corrected chi connectivity index (χ3v) is 4.01. The van der Waals surface area contributed by atoms with Crippen LogP contribution in [0.1, 0.15) is 10.4 Å². The van der Waals surface area contributed by atoms with E-state index in [-0.39, 0.29) is 22.9 Å². The molecule has 2 rings (SSSR count). The van der Waals surface area contributed by atoms with Gasteiger partial charge < -0.3 is 9.64 Å². The zero-order valence-corrected chi connectivity index (χ0v) is 13.2. The maximum Gasteiger partial charge on any atom is 0.319 e. The Morgan fingerprint density at radius 1 is 1.29 bits per heavy atom. The molecule has 1 aromatic rings. The highest BCUT2D eigenvalue weighted by molar-refractivity contribution is 9.10. The highest BCUT2D eigenvalue weighted by Crippen LogP contribution is 2.18. The fourth-order valence-electron chi connectivity index (χ4n) is 2.17. The van der Waals surface area contributed by atoms with Gasteiger partial charge in [-0.2, -0.15) is 0 Å². The molecule has 1 aromatic carbocycles. The molecule has 114 valence electrons. The maximum atomic E-state index is 13.2. The Morgan fingerprint density at radius 3 is 2.52 bits per heavy atom. The molecule has 0 aromatic heterocycles. The fourth-order valence-corrected chi connectivity index (χ4v) is 2.55. The van der Waals surface area contributed by atoms with Crippen molar-refractivity contribution < 1.29 is 18.7 Å². The number of halogens is 2. The quantitative estimate of drug-likeness (QED) is 0.768. The number of piperazine rings is 1. The van der Waals surface area contributed by atoms with E-state index in [1.165, 1.54) is 25.3 Å². The van der Waals surface area contributed by atoms with Crippen molar-refractivity contribution in [2.75, 3.05) is 39.8 Å². The summed E-state index contributed by atoms with van der Waals surface area (Å²) in [6, 6.07) is 4.23. The number of benzene rings is 1. The molecule has 1 heterocycles. The molecule has 5 nitrogen and oxygen atoms in total. The minimum atomic E-state index is -0.394. The third-order valence-electron chi connectivity index (χ3n) is 3.41. The van der Waals surface area contributed by atoms with Gasteiger partial charge in [-0.1, -0.05) is 0 Å². The van der Waals surface area contributed by atoms with Crippen LogP contribution in [0.25, 0.3) is 0 Å². The fraction of sp³-hybridized carbons (Fsp3) is 0.429. The van der Waals surface area contributed by atoms with Gasteiger partial charge in [-0.15, -0.1) is 0 Å². The topological polar surface area (TPSA) is 49.9 Å². The average molecular weight is 359 g/mol. The Bertz CT molecular complexity index is 545. The number of nitrogens with zero attached hydrogens (tertiary/aromatic N) is 2. The molecule has 0 spiro atoms. The summed E-state index contributed by atoms with van der Waals surface area (Å²) >= 11 is 3.08. The number of rotatable bonds is 3. The summed E-state index contributed by atoms with van der Waals surface area (Å²) in [5.74, 6) is -0.805. The summed E-state index contributed by atoms with van der Waals surface area (Å²) in [5.41, 5.74) is 0.449. The summed E-state index contributed by atoms with van der Waals surface area (Å²) < 4.78 is 18.1. The molecule has 1 saturated heterocycles. The van der Waals surface area contributed by atoms with E-state index in [1.54, 1.807) is 4.90 Å². The van der Waals surface area contributed by atoms with Crippen molar-refractivity contribution in [1.82, 2.24) is 9.80 Å². The van der Waals surface area contributed by atoms with Crippen LogP contribution in [0.3, 0.4) is 0 Å².